The van der Waals surface area contributed by atoms with Crippen LogP contribution in [0.3, 0.4) is 0 Å². The fourth-order valence-corrected chi connectivity index (χ4v) is 2.46. The zero-order chi connectivity index (χ0) is 14.5. The highest BCUT2D eigenvalue weighted by molar-refractivity contribution is 7.80. The minimum atomic E-state index is -0.124. The summed E-state index contributed by atoms with van der Waals surface area (Å²) in [6.45, 7) is 3.26. The summed E-state index contributed by atoms with van der Waals surface area (Å²) in [5.74, 6) is -0.124. The van der Waals surface area contributed by atoms with Gasteiger partial charge in [0.1, 0.15) is 0 Å². The molecule has 0 bridgehead atoms. The van der Waals surface area contributed by atoms with E-state index in [9.17, 15) is 4.79 Å². The lowest BCUT2D eigenvalue weighted by Gasteiger charge is -2.16. The fraction of sp³-hybridized carbons (Fsp3) is 0.333. The molecule has 1 aromatic heterocycles. The van der Waals surface area contributed by atoms with Crippen LogP contribution in [0.15, 0.2) is 47.5 Å². The zero-order valence-corrected chi connectivity index (χ0v) is 12.3. The van der Waals surface area contributed by atoms with E-state index in [0.717, 1.165) is 18.5 Å². The first-order chi connectivity index (χ1) is 9.63. The number of hydrogen-bond acceptors (Lipinski definition) is 2. The largest absolute Gasteiger partial charge is 0.393 e. The van der Waals surface area contributed by atoms with Crippen LogP contribution in [0.4, 0.5) is 0 Å². The van der Waals surface area contributed by atoms with Crippen molar-refractivity contribution in [2.24, 2.45) is 5.73 Å². The van der Waals surface area contributed by atoms with Crippen molar-refractivity contribution in [1.82, 2.24) is 9.13 Å². The van der Waals surface area contributed by atoms with Crippen molar-refractivity contribution >= 4 is 17.2 Å². The van der Waals surface area contributed by atoms with Gasteiger partial charge in [-0.15, -0.1) is 0 Å². The number of thiocarbonyl (C=S) groups is 1. The Morgan fingerprint density at radius 1 is 1.25 bits per heavy atom. The molecule has 1 heterocycles. The summed E-state index contributed by atoms with van der Waals surface area (Å²) in [6.07, 6.45) is 4.54. The number of rotatable bonds is 6. The van der Waals surface area contributed by atoms with Crippen LogP contribution in [0.2, 0.25) is 0 Å². The number of aromatic nitrogens is 2. The topological polar surface area (TPSA) is 52.9 Å². The molecular formula is C15H19N3OS. The van der Waals surface area contributed by atoms with Gasteiger partial charge in [-0.25, -0.2) is 4.79 Å². The number of benzene rings is 1. The molecule has 0 spiro atoms. The minimum Gasteiger partial charge on any atom is -0.393 e. The van der Waals surface area contributed by atoms with E-state index in [2.05, 4.69) is 0 Å². The summed E-state index contributed by atoms with van der Waals surface area (Å²) in [5, 5.41) is 0. The van der Waals surface area contributed by atoms with Crippen molar-refractivity contribution in [3.05, 3.63) is 58.8 Å². The van der Waals surface area contributed by atoms with Gasteiger partial charge in [-0.1, -0.05) is 49.5 Å². The monoisotopic (exact) mass is 289 g/mol. The zero-order valence-electron chi connectivity index (χ0n) is 11.5. The number of aryl methyl sites for hydroxylation is 1. The van der Waals surface area contributed by atoms with E-state index in [-0.39, 0.29) is 11.6 Å². The molecule has 20 heavy (non-hydrogen) atoms. The Kier molecular flexibility index (Phi) is 4.74. The van der Waals surface area contributed by atoms with E-state index in [4.69, 9.17) is 18.0 Å². The normalized spacial score (nSPS) is 12.2. The van der Waals surface area contributed by atoms with Crippen molar-refractivity contribution in [3.63, 3.8) is 0 Å². The quantitative estimate of drug-likeness (QED) is 0.829. The van der Waals surface area contributed by atoms with Crippen molar-refractivity contribution in [3.8, 4) is 0 Å². The average molecular weight is 289 g/mol. The molecule has 1 atom stereocenters. The van der Waals surface area contributed by atoms with Crippen molar-refractivity contribution in [2.45, 2.75) is 32.4 Å². The lowest BCUT2D eigenvalue weighted by atomic mass is 9.99. The highest BCUT2D eigenvalue weighted by atomic mass is 32.1. The summed E-state index contributed by atoms with van der Waals surface area (Å²) in [7, 11) is 0. The average Bonchev–Trinajstić information content (AvgIpc) is 2.78. The molecule has 0 aliphatic carbocycles. The number of nitrogens with two attached hydrogens (primary N) is 1. The van der Waals surface area contributed by atoms with E-state index in [0.29, 0.717) is 11.5 Å². The molecule has 0 saturated heterocycles. The highest BCUT2D eigenvalue weighted by Gasteiger charge is 2.16. The molecule has 2 N–H and O–H groups in total. The Hall–Kier alpha value is -1.88. The second kappa shape index (κ2) is 6.52. The maximum atomic E-state index is 12.2. The lowest BCUT2D eigenvalue weighted by molar-refractivity contribution is 0.588. The van der Waals surface area contributed by atoms with E-state index in [1.807, 2.05) is 43.5 Å². The minimum absolute atomic E-state index is 0.0102. The van der Waals surface area contributed by atoms with Crippen molar-refractivity contribution in [2.75, 3.05) is 0 Å². The Balaban J connectivity index is 2.26. The van der Waals surface area contributed by atoms with Crippen LogP contribution in [-0.4, -0.2) is 14.1 Å². The molecule has 0 amide bonds. The number of hydrogen-bond donors (Lipinski definition) is 1. The van der Waals surface area contributed by atoms with Crippen LogP contribution < -0.4 is 11.4 Å². The first-order valence-electron chi connectivity index (χ1n) is 6.73. The molecule has 106 valence electrons. The van der Waals surface area contributed by atoms with E-state index in [1.54, 1.807) is 15.3 Å². The third-order valence-electron chi connectivity index (χ3n) is 3.31. The van der Waals surface area contributed by atoms with Crippen LogP contribution in [0.5, 0.6) is 0 Å². The van der Waals surface area contributed by atoms with Gasteiger partial charge in [0, 0.05) is 25.5 Å². The molecule has 0 aliphatic rings. The van der Waals surface area contributed by atoms with Gasteiger partial charge in [0.25, 0.3) is 0 Å². The smallest absolute Gasteiger partial charge is 0.328 e. The maximum absolute atomic E-state index is 12.2. The fourth-order valence-electron chi connectivity index (χ4n) is 2.25. The van der Waals surface area contributed by atoms with Crippen LogP contribution in [-0.2, 0) is 13.1 Å². The first kappa shape index (κ1) is 14.5. The summed E-state index contributed by atoms with van der Waals surface area (Å²) < 4.78 is 3.38. The first-order valence-corrected chi connectivity index (χ1v) is 7.14. The van der Waals surface area contributed by atoms with Gasteiger partial charge in [-0.05, 0) is 12.0 Å². The highest BCUT2D eigenvalue weighted by Crippen LogP contribution is 2.17. The van der Waals surface area contributed by atoms with Crippen LogP contribution in [0.1, 0.15) is 24.8 Å². The molecule has 4 nitrogen and oxygen atoms in total. The molecule has 0 radical (unpaired) electrons. The third kappa shape index (κ3) is 3.17. The predicted octanol–water partition coefficient (Wildman–Crippen LogP) is 2.13. The van der Waals surface area contributed by atoms with Crippen LogP contribution in [0.25, 0.3) is 0 Å². The van der Waals surface area contributed by atoms with Crippen molar-refractivity contribution in [1.29, 1.82) is 0 Å². The van der Waals surface area contributed by atoms with Gasteiger partial charge in [-0.2, -0.15) is 0 Å². The Morgan fingerprint density at radius 3 is 2.50 bits per heavy atom. The van der Waals surface area contributed by atoms with Crippen LogP contribution >= 0.6 is 12.2 Å². The summed E-state index contributed by atoms with van der Waals surface area (Å²) in [4.78, 5) is 12.6. The molecule has 5 heteroatoms. The standard InChI is InChI=1S/C15H19N3OS/c1-2-8-17-9-10-18(15(17)19)11-13(14(16)20)12-6-4-3-5-7-12/h3-7,9-10,13H,2,8,11H2,1H3,(H2,16,20). The van der Waals surface area contributed by atoms with Gasteiger partial charge in [0.15, 0.2) is 0 Å². The summed E-state index contributed by atoms with van der Waals surface area (Å²) >= 11 is 5.16. The predicted molar refractivity (Wildman–Crippen MR) is 85.0 cm³/mol. The number of nitrogens with zero attached hydrogens (tertiary/aromatic N) is 2. The molecule has 0 saturated carbocycles. The maximum Gasteiger partial charge on any atom is 0.328 e. The lowest BCUT2D eigenvalue weighted by Crippen LogP contribution is -2.30. The van der Waals surface area contributed by atoms with E-state index < -0.39 is 0 Å². The molecular weight excluding hydrogens is 270 g/mol. The molecule has 0 aliphatic heterocycles. The Morgan fingerprint density at radius 2 is 1.90 bits per heavy atom. The van der Waals surface area contributed by atoms with E-state index >= 15 is 0 Å². The number of imidazole rings is 1. The second-order valence-electron chi connectivity index (χ2n) is 4.79. The molecule has 0 fully saturated rings. The van der Waals surface area contributed by atoms with Crippen LogP contribution in [0, 0.1) is 0 Å². The molecule has 1 aromatic carbocycles. The molecule has 2 rings (SSSR count). The van der Waals surface area contributed by atoms with Gasteiger partial charge >= 0.3 is 5.69 Å². The van der Waals surface area contributed by atoms with Gasteiger partial charge < -0.3 is 5.73 Å². The third-order valence-corrected chi connectivity index (χ3v) is 3.59. The summed E-state index contributed by atoms with van der Waals surface area (Å²) in [6, 6.07) is 9.82. The summed E-state index contributed by atoms with van der Waals surface area (Å²) in [5.41, 5.74) is 6.87. The second-order valence-corrected chi connectivity index (χ2v) is 5.26. The Bertz CT molecular complexity index is 630. The van der Waals surface area contributed by atoms with Gasteiger partial charge in [0.2, 0.25) is 0 Å². The SMILES string of the molecule is CCCn1ccn(CC(C(N)=S)c2ccccc2)c1=O. The van der Waals surface area contributed by atoms with Crippen molar-refractivity contribution < 1.29 is 0 Å². The molecule has 1 unspecified atom stereocenters. The van der Waals surface area contributed by atoms with Gasteiger partial charge in [-0.3, -0.25) is 9.13 Å². The molecule has 2 aromatic rings. The van der Waals surface area contributed by atoms with Gasteiger partial charge in [0.05, 0.1) is 10.9 Å². The van der Waals surface area contributed by atoms with E-state index in [1.165, 1.54) is 0 Å². The Labute approximate surface area is 123 Å².